The second kappa shape index (κ2) is 9.30. The summed E-state index contributed by atoms with van der Waals surface area (Å²) in [4.78, 5) is 23.0. The molecular formula is C26H26ClN7O2. The van der Waals surface area contributed by atoms with Gasteiger partial charge >= 0.3 is 0 Å². The van der Waals surface area contributed by atoms with E-state index < -0.39 is 5.41 Å². The quantitative estimate of drug-likeness (QED) is 0.474. The molecule has 3 aliphatic rings. The molecule has 3 heterocycles. The van der Waals surface area contributed by atoms with E-state index in [1.165, 1.54) is 0 Å². The van der Waals surface area contributed by atoms with E-state index in [9.17, 15) is 15.2 Å². The third-order valence-electron chi connectivity index (χ3n) is 6.94. The number of aliphatic hydroxyl groups excluding tert-OH is 1. The number of allylic oxidation sites excluding steroid dienone is 2. The number of hydrogen-bond donors (Lipinski definition) is 4. The fraction of sp³-hybridized carbons (Fsp3) is 0.308. The smallest absolute Gasteiger partial charge is 0.239 e. The number of fused-ring (bicyclic) bond motifs is 2. The fourth-order valence-electron chi connectivity index (χ4n) is 4.86. The van der Waals surface area contributed by atoms with E-state index in [-0.39, 0.29) is 31.0 Å². The minimum atomic E-state index is -0.481. The summed E-state index contributed by atoms with van der Waals surface area (Å²) < 4.78 is 0. The predicted molar refractivity (Wildman–Crippen MR) is 138 cm³/mol. The van der Waals surface area contributed by atoms with E-state index in [4.69, 9.17) is 16.6 Å². The molecule has 0 saturated carbocycles. The van der Waals surface area contributed by atoms with Crippen LogP contribution in [0.1, 0.15) is 18.1 Å². The highest BCUT2D eigenvalue weighted by molar-refractivity contribution is 6.31. The van der Waals surface area contributed by atoms with E-state index >= 15 is 0 Å². The number of carbonyl (C=O) groups is 1. The molecule has 4 N–H and O–H groups in total. The molecule has 1 aliphatic carbocycles. The maximum atomic E-state index is 11.9. The first kappa shape index (κ1) is 23.9. The zero-order chi connectivity index (χ0) is 25.4. The molecule has 1 amide bonds. The van der Waals surface area contributed by atoms with Gasteiger partial charge in [0.15, 0.2) is 0 Å². The molecular weight excluding hydrogens is 478 g/mol. The highest BCUT2D eigenvalue weighted by Gasteiger charge is 2.36. The van der Waals surface area contributed by atoms with Crippen LogP contribution in [-0.2, 0) is 10.2 Å². The molecule has 0 saturated heterocycles. The van der Waals surface area contributed by atoms with Crippen LogP contribution in [0, 0.1) is 17.2 Å². The number of rotatable bonds is 6. The maximum absolute atomic E-state index is 11.9. The minimum Gasteiger partial charge on any atom is -0.395 e. The van der Waals surface area contributed by atoms with Crippen LogP contribution in [0.4, 0.5) is 11.6 Å². The summed E-state index contributed by atoms with van der Waals surface area (Å²) in [5.74, 6) is 0.276. The number of halogens is 1. The third-order valence-corrected chi connectivity index (χ3v) is 7.18. The Morgan fingerprint density at radius 2 is 2.28 bits per heavy atom. The normalized spacial score (nSPS) is 23.7. The molecule has 10 heteroatoms. The van der Waals surface area contributed by atoms with Crippen molar-refractivity contribution in [3.63, 3.8) is 0 Å². The number of likely N-dealkylation sites (N-methyl/N-ethyl adjacent to an activating group) is 1. The van der Waals surface area contributed by atoms with Gasteiger partial charge in [-0.05, 0) is 42.1 Å². The van der Waals surface area contributed by atoms with Crippen molar-refractivity contribution < 1.29 is 9.90 Å². The van der Waals surface area contributed by atoms with E-state index in [0.717, 1.165) is 22.5 Å². The Morgan fingerprint density at radius 3 is 3.03 bits per heavy atom. The van der Waals surface area contributed by atoms with E-state index in [1.807, 2.05) is 42.3 Å². The van der Waals surface area contributed by atoms with E-state index in [1.54, 1.807) is 25.4 Å². The molecule has 184 valence electrons. The maximum Gasteiger partial charge on any atom is 0.239 e. The lowest BCUT2D eigenvalue weighted by atomic mass is 9.83. The van der Waals surface area contributed by atoms with Gasteiger partial charge in [-0.25, -0.2) is 9.97 Å². The monoisotopic (exact) mass is 503 g/mol. The summed E-state index contributed by atoms with van der Waals surface area (Å²) in [5, 5.41) is 29.5. The van der Waals surface area contributed by atoms with Crippen LogP contribution < -0.4 is 16.0 Å². The molecule has 2 aromatic rings. The van der Waals surface area contributed by atoms with Crippen LogP contribution in [0.25, 0.3) is 11.3 Å². The van der Waals surface area contributed by atoms with E-state index in [2.05, 4.69) is 27.0 Å². The van der Waals surface area contributed by atoms with Gasteiger partial charge in [-0.2, -0.15) is 5.26 Å². The Bertz CT molecular complexity index is 1360. The summed E-state index contributed by atoms with van der Waals surface area (Å²) in [6.07, 6.45) is 9.36. The topological polar surface area (TPSA) is 126 Å². The van der Waals surface area contributed by atoms with Gasteiger partial charge in [0.2, 0.25) is 11.9 Å². The van der Waals surface area contributed by atoms with Crippen molar-refractivity contribution >= 4 is 29.1 Å². The average molecular weight is 504 g/mol. The van der Waals surface area contributed by atoms with Crippen LogP contribution in [0.2, 0.25) is 0 Å². The number of nitriles is 1. The second-order valence-corrected chi connectivity index (χ2v) is 9.81. The van der Waals surface area contributed by atoms with Gasteiger partial charge in [0.05, 0.1) is 36.1 Å². The number of nitrogens with zero attached hydrogens (tertiary/aromatic N) is 4. The van der Waals surface area contributed by atoms with Crippen molar-refractivity contribution in [3.8, 4) is 17.3 Å². The van der Waals surface area contributed by atoms with Gasteiger partial charge in [0, 0.05) is 47.4 Å². The van der Waals surface area contributed by atoms with Crippen LogP contribution in [0.15, 0.2) is 59.6 Å². The Hall–Kier alpha value is -3.87. The van der Waals surface area contributed by atoms with Crippen LogP contribution in [0.3, 0.4) is 0 Å². The number of hydrogen-bond acceptors (Lipinski definition) is 8. The number of amides is 1. The molecule has 3 atom stereocenters. The molecule has 0 spiro atoms. The molecule has 1 aromatic heterocycles. The van der Waals surface area contributed by atoms with Gasteiger partial charge in [-0.1, -0.05) is 24.6 Å². The molecule has 9 nitrogen and oxygen atoms in total. The Labute approximate surface area is 214 Å². The third kappa shape index (κ3) is 4.19. The Kier molecular flexibility index (Phi) is 6.16. The molecule has 0 fully saturated rings. The first-order chi connectivity index (χ1) is 17.3. The lowest BCUT2D eigenvalue weighted by Gasteiger charge is -2.31. The largest absolute Gasteiger partial charge is 0.395 e. The molecule has 5 rings (SSSR count). The first-order valence-corrected chi connectivity index (χ1v) is 12.0. The highest BCUT2D eigenvalue weighted by Crippen LogP contribution is 2.41. The van der Waals surface area contributed by atoms with Crippen molar-refractivity contribution in [2.45, 2.75) is 18.4 Å². The molecule has 3 unspecified atom stereocenters. The number of carbonyl (C=O) groups excluding carboxylic acids is 1. The van der Waals surface area contributed by atoms with Crippen molar-refractivity contribution in [1.82, 2.24) is 20.2 Å². The molecule has 0 radical (unpaired) electrons. The number of anilines is 2. The van der Waals surface area contributed by atoms with Crippen molar-refractivity contribution in [2.75, 3.05) is 37.4 Å². The molecule has 2 aliphatic heterocycles. The average Bonchev–Trinajstić information content (AvgIpc) is 3.44. The predicted octanol–water partition coefficient (Wildman–Crippen LogP) is 2.68. The Morgan fingerprint density at radius 1 is 1.44 bits per heavy atom. The van der Waals surface area contributed by atoms with Crippen molar-refractivity contribution in [2.24, 2.45) is 5.92 Å². The number of aromatic nitrogens is 2. The second-order valence-electron chi connectivity index (χ2n) is 9.38. The summed E-state index contributed by atoms with van der Waals surface area (Å²) in [6.45, 7) is 2.72. The molecule has 36 heavy (non-hydrogen) atoms. The lowest BCUT2D eigenvalue weighted by Crippen LogP contribution is -2.40. The number of aliphatic hydroxyl groups is 1. The van der Waals surface area contributed by atoms with Crippen molar-refractivity contribution in [1.29, 1.82) is 5.26 Å². The highest BCUT2D eigenvalue weighted by atomic mass is 35.5. The number of benzene rings is 1. The van der Waals surface area contributed by atoms with Gasteiger partial charge in [-0.15, -0.1) is 0 Å². The standard InChI is InChI=1S/C26H26ClN7O2/c1-26(14-35)13-31-24-16(11-28)7-15(8-19(24)26)20-3-5-30-25(32-20)33-21-9-17(27)10-22-18(21)4-6-34(22)12-23(36)29-2/h3-10,18,22,31,35H,12-14H2,1-2H3,(H,29,36)(H,30,32,33). The number of nitrogens with one attached hydrogen (secondary N) is 3. The fourth-order valence-corrected chi connectivity index (χ4v) is 5.11. The van der Waals surface area contributed by atoms with Gasteiger partial charge < -0.3 is 26.0 Å². The molecule has 0 bridgehead atoms. The van der Waals surface area contributed by atoms with E-state index in [0.29, 0.717) is 28.8 Å². The van der Waals surface area contributed by atoms with Gasteiger partial charge in [0.25, 0.3) is 0 Å². The zero-order valence-electron chi connectivity index (χ0n) is 19.9. The summed E-state index contributed by atoms with van der Waals surface area (Å²) in [5.41, 5.74) is 3.93. The summed E-state index contributed by atoms with van der Waals surface area (Å²) in [7, 11) is 1.61. The minimum absolute atomic E-state index is 0.0344. The SMILES string of the molecule is CNC(=O)CN1C=CC2C(Nc3nccc(-c4cc(C#N)c5c(c4)C(C)(CO)CN5)n3)=CC(Cl)=CC21. The van der Waals surface area contributed by atoms with Gasteiger partial charge in [0.1, 0.15) is 6.07 Å². The summed E-state index contributed by atoms with van der Waals surface area (Å²) in [6, 6.07) is 7.73. The zero-order valence-corrected chi connectivity index (χ0v) is 20.7. The van der Waals surface area contributed by atoms with Crippen LogP contribution >= 0.6 is 11.6 Å². The van der Waals surface area contributed by atoms with Crippen LogP contribution in [0.5, 0.6) is 0 Å². The summed E-state index contributed by atoms with van der Waals surface area (Å²) >= 11 is 6.43. The van der Waals surface area contributed by atoms with Gasteiger partial charge in [-0.3, -0.25) is 4.79 Å². The van der Waals surface area contributed by atoms with Crippen LogP contribution in [-0.4, -0.2) is 58.7 Å². The lowest BCUT2D eigenvalue weighted by molar-refractivity contribution is -0.121. The first-order valence-electron chi connectivity index (χ1n) is 11.6. The molecule has 1 aromatic carbocycles. The van der Waals surface area contributed by atoms with Crippen molar-refractivity contribution in [3.05, 3.63) is 70.7 Å². The Balaban J connectivity index is 1.43.